The zero-order valence-electron chi connectivity index (χ0n) is 10.9. The highest BCUT2D eigenvalue weighted by Crippen LogP contribution is 2.21. The molecule has 0 spiro atoms. The van der Waals surface area contributed by atoms with Crippen LogP contribution >= 0.6 is 0 Å². The normalized spacial score (nSPS) is 11.4. The first kappa shape index (κ1) is 13.2. The Hall–Kier alpha value is -0.850. The van der Waals surface area contributed by atoms with Crippen LogP contribution in [0.2, 0.25) is 0 Å². The number of halogens is 1. The first-order valence-corrected chi connectivity index (χ1v) is 6.29. The van der Waals surface area contributed by atoms with Gasteiger partial charge in [0.15, 0.2) is 0 Å². The summed E-state index contributed by atoms with van der Waals surface area (Å²) in [5, 5.41) is 0. The van der Waals surface area contributed by atoms with Gasteiger partial charge in [-0.15, -0.1) is 0 Å². The van der Waals surface area contributed by atoms with E-state index in [4.69, 9.17) is 0 Å². The van der Waals surface area contributed by atoms with E-state index in [9.17, 15) is 4.39 Å². The minimum absolute atomic E-state index is 0.0670. The molecule has 0 amide bonds. The molecular formula is C15H23F. The molecule has 0 aliphatic heterocycles. The molecule has 0 aromatic heterocycles. The van der Waals surface area contributed by atoms with E-state index in [1.54, 1.807) is 6.07 Å². The van der Waals surface area contributed by atoms with Crippen LogP contribution in [0.15, 0.2) is 18.2 Å². The van der Waals surface area contributed by atoms with Gasteiger partial charge in [0.2, 0.25) is 0 Å². The van der Waals surface area contributed by atoms with Crippen molar-refractivity contribution < 1.29 is 4.39 Å². The summed E-state index contributed by atoms with van der Waals surface area (Å²) in [6.45, 7) is 8.56. The molecule has 0 saturated heterocycles. The van der Waals surface area contributed by atoms with Gasteiger partial charge in [-0.3, -0.25) is 0 Å². The molecule has 0 nitrogen and oxygen atoms in total. The molecule has 16 heavy (non-hydrogen) atoms. The Morgan fingerprint density at radius 3 is 2.38 bits per heavy atom. The molecule has 0 unspecified atom stereocenters. The van der Waals surface area contributed by atoms with Gasteiger partial charge in [0.25, 0.3) is 0 Å². The highest BCUT2D eigenvalue weighted by Gasteiger charge is 2.07. The maximum atomic E-state index is 13.5. The van der Waals surface area contributed by atoms with Gasteiger partial charge in [0, 0.05) is 0 Å². The molecule has 1 aromatic carbocycles. The third kappa shape index (κ3) is 3.96. The van der Waals surface area contributed by atoms with Gasteiger partial charge in [0.1, 0.15) is 5.82 Å². The zero-order chi connectivity index (χ0) is 12.1. The summed E-state index contributed by atoms with van der Waals surface area (Å²) >= 11 is 0. The lowest BCUT2D eigenvalue weighted by atomic mass is 9.97. The molecule has 0 atom stereocenters. The van der Waals surface area contributed by atoms with Gasteiger partial charge in [-0.1, -0.05) is 46.2 Å². The largest absolute Gasteiger partial charge is 0.207 e. The molecule has 1 rings (SSSR count). The SMILES string of the molecule is CC(C)CCCc1ccc(F)c(C(C)C)c1. The van der Waals surface area contributed by atoms with E-state index in [1.165, 1.54) is 18.4 Å². The summed E-state index contributed by atoms with van der Waals surface area (Å²) in [5.41, 5.74) is 2.12. The third-order valence-electron chi connectivity index (χ3n) is 2.93. The van der Waals surface area contributed by atoms with Crippen molar-refractivity contribution in [2.45, 2.75) is 52.9 Å². The Morgan fingerprint density at radius 2 is 1.81 bits per heavy atom. The predicted molar refractivity (Wildman–Crippen MR) is 68.3 cm³/mol. The Morgan fingerprint density at radius 1 is 1.12 bits per heavy atom. The van der Waals surface area contributed by atoms with Crippen LogP contribution in [0.3, 0.4) is 0 Å². The van der Waals surface area contributed by atoms with E-state index in [2.05, 4.69) is 13.8 Å². The fraction of sp³-hybridized carbons (Fsp3) is 0.600. The van der Waals surface area contributed by atoms with E-state index in [-0.39, 0.29) is 11.7 Å². The van der Waals surface area contributed by atoms with E-state index < -0.39 is 0 Å². The molecule has 0 heterocycles. The number of hydrogen-bond acceptors (Lipinski definition) is 0. The van der Waals surface area contributed by atoms with E-state index in [0.29, 0.717) is 0 Å². The van der Waals surface area contributed by atoms with Crippen molar-refractivity contribution in [1.29, 1.82) is 0 Å². The lowest BCUT2D eigenvalue weighted by Gasteiger charge is -2.10. The fourth-order valence-corrected chi connectivity index (χ4v) is 1.91. The Labute approximate surface area is 98.9 Å². The second-order valence-corrected chi connectivity index (χ2v) is 5.30. The monoisotopic (exact) mass is 222 g/mol. The number of hydrogen-bond donors (Lipinski definition) is 0. The van der Waals surface area contributed by atoms with E-state index in [0.717, 1.165) is 17.9 Å². The zero-order valence-corrected chi connectivity index (χ0v) is 10.9. The highest BCUT2D eigenvalue weighted by atomic mass is 19.1. The molecule has 0 saturated carbocycles. The summed E-state index contributed by atoms with van der Waals surface area (Å²) in [4.78, 5) is 0. The first-order valence-electron chi connectivity index (χ1n) is 6.29. The molecule has 0 bridgehead atoms. The number of aryl methyl sites for hydroxylation is 1. The topological polar surface area (TPSA) is 0 Å². The van der Waals surface area contributed by atoms with Crippen LogP contribution < -0.4 is 0 Å². The maximum absolute atomic E-state index is 13.5. The van der Waals surface area contributed by atoms with Crippen molar-refractivity contribution in [3.05, 3.63) is 35.1 Å². The van der Waals surface area contributed by atoms with Crippen LogP contribution in [0.1, 0.15) is 57.6 Å². The van der Waals surface area contributed by atoms with E-state index in [1.807, 2.05) is 26.0 Å². The van der Waals surface area contributed by atoms with Crippen LogP contribution in [0.4, 0.5) is 4.39 Å². The van der Waals surface area contributed by atoms with Crippen LogP contribution in [0.5, 0.6) is 0 Å². The summed E-state index contributed by atoms with van der Waals surface area (Å²) < 4.78 is 13.5. The molecule has 1 aromatic rings. The minimum Gasteiger partial charge on any atom is -0.207 e. The second-order valence-electron chi connectivity index (χ2n) is 5.30. The van der Waals surface area contributed by atoms with E-state index >= 15 is 0 Å². The Kier molecular flexibility index (Phi) is 4.98. The summed E-state index contributed by atoms with van der Waals surface area (Å²) in [5.74, 6) is 0.956. The van der Waals surface area contributed by atoms with Gasteiger partial charge in [-0.2, -0.15) is 0 Å². The molecule has 0 radical (unpaired) electrons. The van der Waals surface area contributed by atoms with Crippen molar-refractivity contribution >= 4 is 0 Å². The van der Waals surface area contributed by atoms with Crippen LogP contribution in [0.25, 0.3) is 0 Å². The summed E-state index contributed by atoms with van der Waals surface area (Å²) in [7, 11) is 0. The van der Waals surface area contributed by atoms with Gasteiger partial charge < -0.3 is 0 Å². The maximum Gasteiger partial charge on any atom is 0.126 e. The smallest absolute Gasteiger partial charge is 0.126 e. The van der Waals surface area contributed by atoms with Gasteiger partial charge >= 0.3 is 0 Å². The molecular weight excluding hydrogens is 199 g/mol. The first-order chi connectivity index (χ1) is 7.50. The Bertz CT molecular complexity index is 326. The summed E-state index contributed by atoms with van der Waals surface area (Å²) in [6, 6.07) is 5.56. The molecule has 0 aliphatic rings. The minimum atomic E-state index is -0.0670. The van der Waals surface area contributed by atoms with Crippen LogP contribution in [0, 0.1) is 11.7 Å². The molecule has 0 N–H and O–H groups in total. The van der Waals surface area contributed by atoms with Crippen molar-refractivity contribution in [2.24, 2.45) is 5.92 Å². The quantitative estimate of drug-likeness (QED) is 0.662. The molecule has 0 fully saturated rings. The average Bonchev–Trinajstić information content (AvgIpc) is 2.19. The predicted octanol–water partition coefficient (Wildman–Crippen LogP) is 4.93. The van der Waals surface area contributed by atoms with Crippen LogP contribution in [-0.4, -0.2) is 0 Å². The lowest BCUT2D eigenvalue weighted by Crippen LogP contribution is -1.97. The lowest BCUT2D eigenvalue weighted by molar-refractivity contribution is 0.554. The van der Waals surface area contributed by atoms with Crippen molar-refractivity contribution in [1.82, 2.24) is 0 Å². The van der Waals surface area contributed by atoms with Gasteiger partial charge in [-0.25, -0.2) is 4.39 Å². The van der Waals surface area contributed by atoms with Crippen molar-refractivity contribution in [3.63, 3.8) is 0 Å². The molecule has 0 aliphatic carbocycles. The summed E-state index contributed by atoms with van der Waals surface area (Å²) in [6.07, 6.45) is 3.51. The number of benzene rings is 1. The highest BCUT2D eigenvalue weighted by molar-refractivity contribution is 5.27. The van der Waals surface area contributed by atoms with Gasteiger partial charge in [-0.05, 0) is 41.9 Å². The average molecular weight is 222 g/mol. The standard InChI is InChI=1S/C15H23F/c1-11(2)6-5-7-13-8-9-15(16)14(10-13)12(3)4/h8-12H,5-7H2,1-4H3. The van der Waals surface area contributed by atoms with Gasteiger partial charge in [0.05, 0.1) is 0 Å². The third-order valence-corrected chi connectivity index (χ3v) is 2.93. The van der Waals surface area contributed by atoms with Crippen molar-refractivity contribution in [2.75, 3.05) is 0 Å². The van der Waals surface area contributed by atoms with Crippen molar-refractivity contribution in [3.8, 4) is 0 Å². The second kappa shape index (κ2) is 6.03. The molecule has 90 valence electrons. The molecule has 1 heteroatoms. The Balaban J connectivity index is 2.64. The fourth-order valence-electron chi connectivity index (χ4n) is 1.91. The number of rotatable bonds is 5. The van der Waals surface area contributed by atoms with Crippen LogP contribution in [-0.2, 0) is 6.42 Å².